The van der Waals surface area contributed by atoms with Crippen molar-refractivity contribution >= 4 is 5.97 Å². The number of carboxylic acids is 1. The third-order valence-corrected chi connectivity index (χ3v) is 2.91. The zero-order valence-corrected chi connectivity index (χ0v) is 7.49. The molecule has 1 fully saturated rings. The van der Waals surface area contributed by atoms with E-state index in [0.29, 0.717) is 5.92 Å². The molecular formula is C9H17NO2. The molecule has 0 amide bonds. The minimum Gasteiger partial charge on any atom is -0.481 e. The maximum Gasteiger partial charge on any atom is 0.307 e. The molecular weight excluding hydrogens is 154 g/mol. The summed E-state index contributed by atoms with van der Waals surface area (Å²) in [6, 6.07) is -0.148. The van der Waals surface area contributed by atoms with Gasteiger partial charge < -0.3 is 10.8 Å². The lowest BCUT2D eigenvalue weighted by Crippen LogP contribution is -2.38. The van der Waals surface area contributed by atoms with Crippen LogP contribution in [0.2, 0.25) is 0 Å². The van der Waals surface area contributed by atoms with Crippen molar-refractivity contribution in [3.63, 3.8) is 0 Å². The largest absolute Gasteiger partial charge is 0.481 e. The molecule has 3 heteroatoms. The summed E-state index contributed by atoms with van der Waals surface area (Å²) < 4.78 is 0. The third kappa shape index (κ3) is 1.97. The molecule has 3 N–H and O–H groups in total. The lowest BCUT2D eigenvalue weighted by atomic mass is 9.89. The number of carboxylic acid groups (broad SMARTS) is 1. The molecule has 1 aliphatic rings. The Morgan fingerprint density at radius 2 is 2.00 bits per heavy atom. The van der Waals surface area contributed by atoms with E-state index in [0.717, 1.165) is 12.8 Å². The number of rotatable bonds is 3. The quantitative estimate of drug-likeness (QED) is 0.671. The van der Waals surface area contributed by atoms with Gasteiger partial charge in [-0.2, -0.15) is 0 Å². The van der Waals surface area contributed by atoms with Gasteiger partial charge in [-0.15, -0.1) is 0 Å². The Balaban J connectivity index is 2.44. The van der Waals surface area contributed by atoms with Gasteiger partial charge in [-0.1, -0.05) is 19.8 Å². The lowest BCUT2D eigenvalue weighted by molar-refractivity contribution is -0.142. The van der Waals surface area contributed by atoms with Crippen molar-refractivity contribution in [1.29, 1.82) is 0 Å². The smallest absolute Gasteiger partial charge is 0.307 e. The molecule has 0 spiro atoms. The molecule has 1 aliphatic carbocycles. The Morgan fingerprint density at radius 3 is 2.42 bits per heavy atom. The molecule has 3 nitrogen and oxygen atoms in total. The predicted octanol–water partition coefficient (Wildman–Crippen LogP) is 1.22. The van der Waals surface area contributed by atoms with E-state index in [1.807, 2.05) is 0 Å². The van der Waals surface area contributed by atoms with Crippen LogP contribution in [0.4, 0.5) is 0 Å². The van der Waals surface area contributed by atoms with Crippen LogP contribution >= 0.6 is 0 Å². The van der Waals surface area contributed by atoms with Crippen molar-refractivity contribution in [3.05, 3.63) is 0 Å². The Morgan fingerprint density at radius 1 is 1.50 bits per heavy atom. The van der Waals surface area contributed by atoms with Crippen molar-refractivity contribution in [2.75, 3.05) is 0 Å². The van der Waals surface area contributed by atoms with Gasteiger partial charge in [0.05, 0.1) is 5.92 Å². The summed E-state index contributed by atoms with van der Waals surface area (Å²) >= 11 is 0. The Bertz CT molecular complexity index is 164. The summed E-state index contributed by atoms with van der Waals surface area (Å²) in [5.41, 5.74) is 5.84. The van der Waals surface area contributed by atoms with Gasteiger partial charge in [0.2, 0.25) is 0 Å². The van der Waals surface area contributed by atoms with E-state index in [-0.39, 0.29) is 6.04 Å². The molecule has 0 aromatic rings. The third-order valence-electron chi connectivity index (χ3n) is 2.91. The normalized spacial score (nSPS) is 23.8. The maximum absolute atomic E-state index is 10.6. The van der Waals surface area contributed by atoms with E-state index in [2.05, 4.69) is 0 Å². The van der Waals surface area contributed by atoms with Crippen molar-refractivity contribution in [1.82, 2.24) is 0 Å². The number of nitrogens with two attached hydrogens (primary N) is 1. The van der Waals surface area contributed by atoms with Crippen LogP contribution in [-0.2, 0) is 4.79 Å². The number of hydrogen-bond acceptors (Lipinski definition) is 2. The van der Waals surface area contributed by atoms with Crippen molar-refractivity contribution in [3.8, 4) is 0 Å². The highest BCUT2D eigenvalue weighted by Crippen LogP contribution is 2.29. The van der Waals surface area contributed by atoms with E-state index >= 15 is 0 Å². The van der Waals surface area contributed by atoms with Crippen LogP contribution in [0.1, 0.15) is 32.6 Å². The molecule has 70 valence electrons. The van der Waals surface area contributed by atoms with E-state index in [1.54, 1.807) is 6.92 Å². The average molecular weight is 171 g/mol. The summed E-state index contributed by atoms with van der Waals surface area (Å²) in [5.74, 6) is -0.724. The first-order valence-electron chi connectivity index (χ1n) is 4.61. The molecule has 2 atom stereocenters. The summed E-state index contributed by atoms with van der Waals surface area (Å²) in [4.78, 5) is 10.6. The monoisotopic (exact) mass is 171 g/mol. The molecule has 1 saturated carbocycles. The van der Waals surface area contributed by atoms with E-state index < -0.39 is 11.9 Å². The Kier molecular flexibility index (Phi) is 3.09. The summed E-state index contributed by atoms with van der Waals surface area (Å²) in [5, 5.41) is 8.73. The molecule has 0 radical (unpaired) electrons. The van der Waals surface area contributed by atoms with E-state index in [4.69, 9.17) is 10.8 Å². The average Bonchev–Trinajstić information content (AvgIpc) is 2.53. The van der Waals surface area contributed by atoms with Crippen LogP contribution in [0.3, 0.4) is 0 Å². The molecule has 0 aromatic carbocycles. The van der Waals surface area contributed by atoms with Crippen LogP contribution in [0.25, 0.3) is 0 Å². The summed E-state index contributed by atoms with van der Waals surface area (Å²) in [6.45, 7) is 1.70. The fourth-order valence-corrected chi connectivity index (χ4v) is 1.92. The van der Waals surface area contributed by atoms with Gasteiger partial charge in [0, 0.05) is 6.04 Å². The molecule has 2 unspecified atom stereocenters. The van der Waals surface area contributed by atoms with Gasteiger partial charge in [0.1, 0.15) is 0 Å². The van der Waals surface area contributed by atoms with Gasteiger partial charge in [-0.25, -0.2) is 0 Å². The zero-order valence-electron chi connectivity index (χ0n) is 7.49. The van der Waals surface area contributed by atoms with Gasteiger partial charge >= 0.3 is 5.97 Å². The first-order chi connectivity index (χ1) is 5.63. The molecule has 0 aromatic heterocycles. The Hall–Kier alpha value is -0.570. The maximum atomic E-state index is 10.6. The minimum absolute atomic E-state index is 0.148. The van der Waals surface area contributed by atoms with Crippen LogP contribution in [0.5, 0.6) is 0 Å². The predicted molar refractivity (Wildman–Crippen MR) is 46.7 cm³/mol. The zero-order chi connectivity index (χ0) is 9.14. The van der Waals surface area contributed by atoms with Gasteiger partial charge in [0.15, 0.2) is 0 Å². The SMILES string of the molecule is CC(C(=O)O)C(N)C1CCCC1. The molecule has 1 rings (SSSR count). The highest BCUT2D eigenvalue weighted by atomic mass is 16.4. The van der Waals surface area contributed by atoms with Crippen LogP contribution < -0.4 is 5.73 Å². The highest BCUT2D eigenvalue weighted by Gasteiger charge is 2.29. The van der Waals surface area contributed by atoms with Gasteiger partial charge in [-0.05, 0) is 18.8 Å². The minimum atomic E-state index is -0.769. The molecule has 12 heavy (non-hydrogen) atoms. The van der Waals surface area contributed by atoms with Crippen LogP contribution in [0.15, 0.2) is 0 Å². The molecule has 0 aliphatic heterocycles. The van der Waals surface area contributed by atoms with Crippen molar-refractivity contribution in [2.24, 2.45) is 17.6 Å². The van der Waals surface area contributed by atoms with Crippen LogP contribution in [-0.4, -0.2) is 17.1 Å². The topological polar surface area (TPSA) is 63.3 Å². The second kappa shape index (κ2) is 3.90. The van der Waals surface area contributed by atoms with E-state index in [9.17, 15) is 4.79 Å². The number of hydrogen-bond donors (Lipinski definition) is 2. The van der Waals surface area contributed by atoms with Gasteiger partial charge in [-0.3, -0.25) is 4.79 Å². The first-order valence-corrected chi connectivity index (χ1v) is 4.61. The van der Waals surface area contributed by atoms with Gasteiger partial charge in [0.25, 0.3) is 0 Å². The molecule has 0 bridgehead atoms. The number of carbonyl (C=O) groups is 1. The molecule has 0 saturated heterocycles. The van der Waals surface area contributed by atoms with Crippen molar-refractivity contribution in [2.45, 2.75) is 38.6 Å². The Labute approximate surface area is 72.9 Å². The summed E-state index contributed by atoms with van der Waals surface area (Å²) in [6.07, 6.45) is 4.65. The second-order valence-electron chi connectivity index (χ2n) is 3.75. The molecule has 0 heterocycles. The van der Waals surface area contributed by atoms with Crippen molar-refractivity contribution < 1.29 is 9.90 Å². The number of aliphatic carboxylic acids is 1. The van der Waals surface area contributed by atoms with Crippen LogP contribution in [0, 0.1) is 11.8 Å². The standard InChI is InChI=1S/C9H17NO2/c1-6(9(11)12)8(10)7-4-2-3-5-7/h6-8H,2-5,10H2,1H3,(H,11,12). The lowest BCUT2D eigenvalue weighted by Gasteiger charge is -2.22. The highest BCUT2D eigenvalue weighted by molar-refractivity contribution is 5.70. The fraction of sp³-hybridized carbons (Fsp3) is 0.889. The summed E-state index contributed by atoms with van der Waals surface area (Å²) in [7, 11) is 0. The fourth-order valence-electron chi connectivity index (χ4n) is 1.92. The first kappa shape index (κ1) is 9.52. The van der Waals surface area contributed by atoms with E-state index in [1.165, 1.54) is 12.8 Å². The second-order valence-corrected chi connectivity index (χ2v) is 3.75.